The van der Waals surface area contributed by atoms with Gasteiger partial charge >= 0.3 is 23.9 Å². The Morgan fingerprint density at radius 3 is 1.18 bits per heavy atom. The van der Waals surface area contributed by atoms with Crippen LogP contribution in [-0.2, 0) is 57.1 Å². The first-order valence-electron chi connectivity index (χ1n) is 17.4. The van der Waals surface area contributed by atoms with Crippen LogP contribution < -0.4 is 0 Å². The highest BCUT2D eigenvalue weighted by molar-refractivity contribution is 5.77. The molecule has 0 heterocycles. The van der Waals surface area contributed by atoms with Crippen molar-refractivity contribution in [2.24, 2.45) is 21.7 Å². The van der Waals surface area contributed by atoms with Crippen molar-refractivity contribution in [3.05, 3.63) is 0 Å². The van der Waals surface area contributed by atoms with Crippen LogP contribution in [0.5, 0.6) is 0 Å². The van der Waals surface area contributed by atoms with E-state index in [1.54, 1.807) is 13.8 Å². The molecule has 0 amide bonds. The molecule has 0 rings (SSSR count). The third-order valence-corrected chi connectivity index (χ3v) is 7.95. The van der Waals surface area contributed by atoms with E-state index in [4.69, 9.17) is 33.2 Å². The van der Waals surface area contributed by atoms with Crippen molar-refractivity contribution in [2.75, 3.05) is 41.0 Å². The van der Waals surface area contributed by atoms with Crippen LogP contribution in [0, 0.1) is 21.7 Å². The van der Waals surface area contributed by atoms with E-state index in [0.29, 0.717) is 13.2 Å². The van der Waals surface area contributed by atoms with Crippen LogP contribution in [0.2, 0.25) is 0 Å². The molecule has 0 aliphatic carbocycles. The van der Waals surface area contributed by atoms with E-state index in [0.717, 1.165) is 32.1 Å². The Kier molecular flexibility index (Phi) is 31.0. The number of esters is 4. The van der Waals surface area contributed by atoms with Gasteiger partial charge in [-0.05, 0) is 108 Å². The van der Waals surface area contributed by atoms with Crippen LogP contribution >= 0.6 is 0 Å². The van der Waals surface area contributed by atoms with Gasteiger partial charge in [0.05, 0.1) is 28.3 Å². The zero-order valence-corrected chi connectivity index (χ0v) is 34.4. The molecule has 0 aromatic heterocycles. The summed E-state index contributed by atoms with van der Waals surface area (Å²) in [5, 5.41) is 0. The average molecular weight is 711 g/mol. The molecule has 0 saturated heterocycles. The van der Waals surface area contributed by atoms with E-state index in [-0.39, 0.29) is 37.5 Å². The lowest BCUT2D eigenvalue weighted by Crippen LogP contribution is -2.30. The lowest BCUT2D eigenvalue weighted by atomic mass is 9.91. The minimum Gasteiger partial charge on any atom is -0.438 e. The number of hydrogen-bond acceptors (Lipinski definition) is 12. The molecule has 0 fully saturated rings. The Morgan fingerprint density at radius 2 is 0.878 bits per heavy atom. The van der Waals surface area contributed by atoms with Crippen LogP contribution in [-0.4, -0.2) is 77.5 Å². The summed E-state index contributed by atoms with van der Waals surface area (Å²) in [5.41, 5.74) is -1.60. The maximum absolute atomic E-state index is 11.5. The van der Waals surface area contributed by atoms with Gasteiger partial charge in [-0.25, -0.2) is 0 Å². The molecule has 0 N–H and O–H groups in total. The van der Waals surface area contributed by atoms with Gasteiger partial charge in [0.2, 0.25) is 0 Å². The van der Waals surface area contributed by atoms with Crippen LogP contribution in [0.4, 0.5) is 0 Å². The lowest BCUT2D eigenvalue weighted by molar-refractivity contribution is -0.184. The third-order valence-electron chi connectivity index (χ3n) is 7.95. The summed E-state index contributed by atoms with van der Waals surface area (Å²) in [6.45, 7) is 31.4. The minimum absolute atomic E-state index is 0.0439. The van der Waals surface area contributed by atoms with E-state index < -0.39 is 34.2 Å². The molecule has 0 spiro atoms. The van der Waals surface area contributed by atoms with Gasteiger partial charge in [-0.15, -0.1) is 0 Å². The van der Waals surface area contributed by atoms with Gasteiger partial charge in [-0.1, -0.05) is 34.6 Å². The molecule has 294 valence electrons. The highest BCUT2D eigenvalue weighted by Crippen LogP contribution is 2.24. The Morgan fingerprint density at radius 1 is 0.531 bits per heavy atom. The molecular weight excluding hydrogens is 636 g/mol. The van der Waals surface area contributed by atoms with Gasteiger partial charge in [0.25, 0.3) is 0 Å². The van der Waals surface area contributed by atoms with Gasteiger partial charge in [0, 0.05) is 20.8 Å². The van der Waals surface area contributed by atoms with Crippen molar-refractivity contribution >= 4 is 23.9 Å². The van der Waals surface area contributed by atoms with E-state index in [1.807, 2.05) is 96.9 Å². The van der Waals surface area contributed by atoms with Crippen molar-refractivity contribution < 1.29 is 57.1 Å². The molecule has 0 aliphatic rings. The van der Waals surface area contributed by atoms with E-state index in [1.165, 1.54) is 14.2 Å². The SMILES string of the molecule is CCC(C)(C)C(=O)OC(C)OC.CCC(C)(C)C(=O)OCOC.CCCOCOC(=O)C(C)(C)CC.CCOC(C)OC(=O)C(C)(C)CC. The second-order valence-electron chi connectivity index (χ2n) is 13.9. The van der Waals surface area contributed by atoms with Crippen molar-refractivity contribution in [1.29, 1.82) is 0 Å². The highest BCUT2D eigenvalue weighted by atomic mass is 16.7. The Balaban J connectivity index is -0.000000276. The van der Waals surface area contributed by atoms with Crippen LogP contribution in [0.1, 0.15) is 143 Å². The second kappa shape index (κ2) is 28.4. The van der Waals surface area contributed by atoms with Crippen LogP contribution in [0.25, 0.3) is 0 Å². The molecule has 0 aromatic carbocycles. The fourth-order valence-corrected chi connectivity index (χ4v) is 2.32. The Labute approximate surface area is 298 Å². The Hall–Kier alpha value is -2.28. The smallest absolute Gasteiger partial charge is 0.313 e. The van der Waals surface area contributed by atoms with Gasteiger partial charge in [-0.3, -0.25) is 19.2 Å². The van der Waals surface area contributed by atoms with Crippen molar-refractivity contribution in [3.63, 3.8) is 0 Å². The fraction of sp³-hybridized carbons (Fsp3) is 0.892. The highest BCUT2D eigenvalue weighted by Gasteiger charge is 2.30. The van der Waals surface area contributed by atoms with Crippen LogP contribution in [0.15, 0.2) is 0 Å². The monoisotopic (exact) mass is 711 g/mol. The normalized spacial score (nSPS) is 12.7. The summed E-state index contributed by atoms with van der Waals surface area (Å²) >= 11 is 0. The molecule has 0 bridgehead atoms. The summed E-state index contributed by atoms with van der Waals surface area (Å²) in [4.78, 5) is 45.4. The van der Waals surface area contributed by atoms with Crippen LogP contribution in [0.3, 0.4) is 0 Å². The average Bonchev–Trinajstić information content (AvgIpc) is 3.05. The number of hydrogen-bond donors (Lipinski definition) is 0. The number of methoxy groups -OCH3 is 2. The maximum atomic E-state index is 11.5. The number of carbonyl (C=O) groups excluding carboxylic acids is 4. The maximum Gasteiger partial charge on any atom is 0.313 e. The molecule has 0 radical (unpaired) electrons. The topological polar surface area (TPSA) is 142 Å². The molecule has 12 nitrogen and oxygen atoms in total. The van der Waals surface area contributed by atoms with E-state index in [9.17, 15) is 19.2 Å². The van der Waals surface area contributed by atoms with Crippen molar-refractivity contribution in [2.45, 2.75) is 155 Å². The molecule has 2 unspecified atom stereocenters. The molecular formula is C37H74O12. The van der Waals surface area contributed by atoms with Gasteiger partial charge in [0.1, 0.15) is 0 Å². The molecule has 0 saturated carbocycles. The van der Waals surface area contributed by atoms with E-state index >= 15 is 0 Å². The molecule has 12 heteroatoms. The van der Waals surface area contributed by atoms with Crippen molar-refractivity contribution in [3.8, 4) is 0 Å². The quantitative estimate of drug-likeness (QED) is 0.0551. The van der Waals surface area contributed by atoms with Gasteiger partial charge in [-0.2, -0.15) is 0 Å². The zero-order valence-electron chi connectivity index (χ0n) is 34.4. The largest absolute Gasteiger partial charge is 0.438 e. The molecule has 0 aliphatic heterocycles. The first-order valence-corrected chi connectivity index (χ1v) is 17.4. The van der Waals surface area contributed by atoms with E-state index in [2.05, 4.69) is 4.74 Å². The molecule has 0 aromatic rings. The predicted octanol–water partition coefficient (Wildman–Crippen LogP) is 8.23. The zero-order chi connectivity index (χ0) is 39.5. The van der Waals surface area contributed by atoms with Gasteiger partial charge < -0.3 is 37.9 Å². The summed E-state index contributed by atoms with van der Waals surface area (Å²) in [6.07, 6.45) is 3.13. The molecule has 2 atom stereocenters. The van der Waals surface area contributed by atoms with Crippen molar-refractivity contribution in [1.82, 2.24) is 0 Å². The molecule has 49 heavy (non-hydrogen) atoms. The fourth-order valence-electron chi connectivity index (χ4n) is 2.32. The number of carbonyl (C=O) groups is 4. The first-order chi connectivity index (χ1) is 22.5. The summed E-state index contributed by atoms with van der Waals surface area (Å²) in [6, 6.07) is 0. The predicted molar refractivity (Wildman–Crippen MR) is 191 cm³/mol. The number of ether oxygens (including phenoxy) is 8. The summed E-state index contributed by atoms with van der Waals surface area (Å²) in [7, 11) is 3.00. The lowest BCUT2D eigenvalue weighted by Gasteiger charge is -2.23. The minimum atomic E-state index is -0.455. The second-order valence-corrected chi connectivity index (χ2v) is 13.9. The number of rotatable bonds is 19. The third kappa shape index (κ3) is 27.2. The first kappa shape index (κ1) is 53.5. The van der Waals surface area contributed by atoms with Gasteiger partial charge in [0.15, 0.2) is 26.2 Å². The summed E-state index contributed by atoms with van der Waals surface area (Å²) < 4.78 is 39.4. The standard InChI is InChI=1S/2C10H20O3.C9H18O3.C8H16O3/c1-6-10(4,5)9(11)13-8(3)12-7-2;1-5-7-12-8-13-9(11)10(3,4)6-2;1-6-9(3,4)8(10)12-7(2)11-5;1-5-8(2,3)7(9)11-6-10-4/h8H,6-7H2,1-5H3;5-8H2,1-4H3;7H,6H2,1-5H3;5-6H2,1-4H3. The summed E-state index contributed by atoms with van der Waals surface area (Å²) in [5.74, 6) is -0.803. The Bertz CT molecular complexity index is 881.